The smallest absolute Gasteiger partial charge is 0.306 e. The fraction of sp³-hybridized carbons (Fsp3) is 0.780. The minimum Gasteiger partial charge on any atom is -0.748 e. The van der Waals surface area contributed by atoms with Gasteiger partial charge in [-0.25, -0.2) is 8.42 Å². The predicted octanol–water partition coefficient (Wildman–Crippen LogP) is -1.63. The first kappa shape index (κ1) is 79.1. The number of methoxy groups -OCH3 is 1. The second-order valence-corrected chi connectivity index (χ2v) is 17.0. The molecular formula is C41H83N3O22S. The summed E-state index contributed by atoms with van der Waals surface area (Å²) in [4.78, 5) is 91.5. The zero-order valence-corrected chi connectivity index (χ0v) is 41.4. The molecule has 0 aromatic carbocycles. The molecule has 0 saturated heterocycles. The van der Waals surface area contributed by atoms with Crippen LogP contribution < -0.4 is 10.2 Å². The summed E-state index contributed by atoms with van der Waals surface area (Å²) < 4.78 is 65.2. The minimum atomic E-state index is -4.13. The average Bonchev–Trinajstić information content (AvgIpc) is 3.07. The minimum absolute atomic E-state index is 0. The molecule has 0 atom stereocenters. The van der Waals surface area contributed by atoms with E-state index in [9.17, 15) is 56.4 Å². The van der Waals surface area contributed by atoms with Gasteiger partial charge in [0.2, 0.25) is 0 Å². The van der Waals surface area contributed by atoms with E-state index in [0.717, 1.165) is 18.0 Å². The Morgan fingerprint density at radius 3 is 1.15 bits per heavy atom. The Morgan fingerprint density at radius 2 is 0.836 bits per heavy atom. The number of carbonyl (C=O) groups excluding carboxylic acids is 8. The highest BCUT2D eigenvalue weighted by Gasteiger charge is 2.16. The van der Waals surface area contributed by atoms with Gasteiger partial charge in [0.15, 0.2) is 0 Å². The van der Waals surface area contributed by atoms with E-state index in [1.165, 1.54) is 34.6 Å². The fourth-order valence-electron chi connectivity index (χ4n) is 3.44. The first-order valence-corrected chi connectivity index (χ1v) is 21.3. The first-order chi connectivity index (χ1) is 29.4. The quantitative estimate of drug-likeness (QED) is 0.0373. The van der Waals surface area contributed by atoms with Crippen LogP contribution in [0, 0.1) is 0 Å². The van der Waals surface area contributed by atoms with Crippen molar-refractivity contribution in [1.82, 2.24) is 0 Å². The molecule has 0 aliphatic rings. The van der Waals surface area contributed by atoms with Crippen LogP contribution in [0.15, 0.2) is 0 Å². The van der Waals surface area contributed by atoms with Crippen LogP contribution in [0.2, 0.25) is 0 Å². The average molecular weight is 1000 g/mol. The van der Waals surface area contributed by atoms with Gasteiger partial charge in [-0.3, -0.25) is 33.6 Å². The van der Waals surface area contributed by atoms with Crippen molar-refractivity contribution in [2.45, 2.75) is 75.7 Å². The van der Waals surface area contributed by atoms with Crippen molar-refractivity contribution in [2.24, 2.45) is 0 Å². The highest BCUT2D eigenvalue weighted by atomic mass is 32.2. The molecule has 400 valence electrons. The lowest BCUT2D eigenvalue weighted by atomic mass is 10.3. The van der Waals surface area contributed by atoms with Gasteiger partial charge in [0.25, 0.3) is 0 Å². The number of nitrogens with zero attached hydrogens (tertiary/aromatic N) is 3. The van der Waals surface area contributed by atoms with Gasteiger partial charge in [0, 0.05) is 59.9 Å². The molecule has 0 spiro atoms. The molecule has 26 heteroatoms. The Labute approximate surface area is 398 Å². The molecule has 0 aliphatic carbocycles. The van der Waals surface area contributed by atoms with Gasteiger partial charge in [-0.05, 0) is 6.92 Å². The molecule has 0 radical (unpaired) electrons. The third kappa shape index (κ3) is 100. The summed E-state index contributed by atoms with van der Waals surface area (Å²) in [6.45, 7) is 11.9. The van der Waals surface area contributed by atoms with Crippen LogP contribution in [0.1, 0.15) is 75.7 Å². The molecule has 0 heterocycles. The van der Waals surface area contributed by atoms with Gasteiger partial charge in [0.1, 0.15) is 65.8 Å². The van der Waals surface area contributed by atoms with Crippen molar-refractivity contribution in [1.29, 1.82) is 0 Å². The SMILES string of the molecule is C.C.CC(=O)OCCOC(=O)CCC(=O)O.CC(=O)OCC[N+](C)(C)C.CC(=O)OCC[N+](C)(C)CC(=O)[O-].CC(=O)OCC[N+](C)(C)CCCS(=O)(=O)[O-].CC(=O)[O-].COCCOC(C)=O. The normalized spacial score (nSPS) is 10.1. The number of quaternary nitrogens is 3. The summed E-state index contributed by atoms with van der Waals surface area (Å²) in [6.07, 6.45) is -0.110. The highest BCUT2D eigenvalue weighted by Crippen LogP contribution is 2.01. The highest BCUT2D eigenvalue weighted by molar-refractivity contribution is 7.85. The third-order valence-electron chi connectivity index (χ3n) is 6.57. The topological polar surface area (TPSA) is 342 Å². The summed E-state index contributed by atoms with van der Waals surface area (Å²) in [7, 11) is 10.9. The Hall–Kier alpha value is -5.02. The molecule has 67 heavy (non-hydrogen) atoms. The molecule has 0 bridgehead atoms. The number of ether oxygens (including phenoxy) is 7. The zero-order valence-electron chi connectivity index (χ0n) is 40.6. The summed E-state index contributed by atoms with van der Waals surface area (Å²) >= 11 is 0. The van der Waals surface area contributed by atoms with Crippen LogP contribution in [0.25, 0.3) is 0 Å². The van der Waals surface area contributed by atoms with Crippen LogP contribution in [0.5, 0.6) is 0 Å². The fourth-order valence-corrected chi connectivity index (χ4v) is 3.92. The molecule has 0 rings (SSSR count). The van der Waals surface area contributed by atoms with Gasteiger partial charge in [-0.2, -0.15) is 0 Å². The Balaban J connectivity index is -0.000000107. The zero-order chi connectivity index (χ0) is 52.5. The van der Waals surface area contributed by atoms with Crippen molar-refractivity contribution < 1.29 is 118 Å². The standard InChI is InChI=1S/C9H19NO5S.C8H15NO4.C8H12O6.C7H16NO2.C5H10O3.C2H4O2.2CH4/c1-9(11)15-7-6-10(2,3)5-4-8-16(12,13)14;1-7(10)13-5-4-9(2,3)6-8(11)12;1-6(9)13-4-5-14-8(12)3-2-7(10)11;1-7(9)10-6-5-8(2,3)4;1-5(6)8-4-3-7-2;1-2(3)4;;/h4-8H2,1-3H3;4-6H2,1-3H3;2-5H2,1H3,(H,10,11);5-6H2,1-4H3;3-4H2,1-2H3;1H3,(H,3,4);2*1H4/q;;;+1;;;;/p-1. The second-order valence-electron chi connectivity index (χ2n) is 15.5. The number of carbonyl (C=O) groups is 9. The number of hydrogen-bond donors (Lipinski definition) is 1. The van der Waals surface area contributed by atoms with Gasteiger partial charge in [-0.1, -0.05) is 14.9 Å². The molecule has 0 aromatic rings. The van der Waals surface area contributed by atoms with Crippen LogP contribution in [0.4, 0.5) is 0 Å². The van der Waals surface area contributed by atoms with E-state index in [4.69, 9.17) is 29.2 Å². The van der Waals surface area contributed by atoms with Crippen LogP contribution >= 0.6 is 0 Å². The summed E-state index contributed by atoms with van der Waals surface area (Å²) in [5, 5.41) is 27.4. The van der Waals surface area contributed by atoms with E-state index >= 15 is 0 Å². The summed E-state index contributed by atoms with van der Waals surface area (Å²) in [5.74, 6) is -5.80. The van der Waals surface area contributed by atoms with Crippen LogP contribution in [-0.2, 0) is 86.4 Å². The monoisotopic (exact) mass is 1000 g/mol. The van der Waals surface area contributed by atoms with Crippen molar-refractivity contribution in [3.63, 3.8) is 0 Å². The Kier molecular flexibility index (Phi) is 54.4. The van der Waals surface area contributed by atoms with Gasteiger partial charge < -0.3 is 76.1 Å². The molecular weight excluding hydrogens is 919 g/mol. The van der Waals surface area contributed by atoms with E-state index in [0.29, 0.717) is 57.0 Å². The number of rotatable bonds is 24. The molecule has 0 amide bonds. The van der Waals surface area contributed by atoms with E-state index in [-0.39, 0.29) is 88.2 Å². The number of carboxylic acid groups (broad SMARTS) is 3. The van der Waals surface area contributed by atoms with Gasteiger partial charge in [-0.15, -0.1) is 0 Å². The summed E-state index contributed by atoms with van der Waals surface area (Å²) in [6, 6.07) is 0. The van der Waals surface area contributed by atoms with Crippen molar-refractivity contribution >= 4 is 63.8 Å². The van der Waals surface area contributed by atoms with Crippen molar-refractivity contribution in [3.8, 4) is 0 Å². The number of esters is 6. The van der Waals surface area contributed by atoms with Crippen molar-refractivity contribution in [2.75, 3.05) is 141 Å². The van der Waals surface area contributed by atoms with Gasteiger partial charge in [0.05, 0.1) is 91.4 Å². The lowest BCUT2D eigenvalue weighted by Crippen LogP contribution is -2.49. The first-order valence-electron chi connectivity index (χ1n) is 19.7. The lowest BCUT2D eigenvalue weighted by Gasteiger charge is -2.29. The van der Waals surface area contributed by atoms with E-state index in [2.05, 4.69) is 40.1 Å². The number of hydrogen-bond acceptors (Lipinski definition) is 21. The predicted molar refractivity (Wildman–Crippen MR) is 238 cm³/mol. The van der Waals surface area contributed by atoms with E-state index in [1.54, 1.807) is 21.2 Å². The number of aliphatic carboxylic acids is 3. The molecule has 0 saturated carbocycles. The van der Waals surface area contributed by atoms with Gasteiger partial charge >= 0.3 is 41.8 Å². The number of carboxylic acids is 3. The molecule has 0 fully saturated rings. The molecule has 0 aliphatic heterocycles. The van der Waals surface area contributed by atoms with Crippen LogP contribution in [-0.4, -0.2) is 226 Å². The molecule has 0 aromatic heterocycles. The summed E-state index contributed by atoms with van der Waals surface area (Å²) in [5.41, 5.74) is 0. The maximum Gasteiger partial charge on any atom is 0.306 e. The largest absolute Gasteiger partial charge is 0.748 e. The van der Waals surface area contributed by atoms with E-state index < -0.39 is 40.0 Å². The third-order valence-corrected chi connectivity index (χ3v) is 7.36. The lowest BCUT2D eigenvalue weighted by molar-refractivity contribution is -0.890. The maximum atomic E-state index is 10.8. The Bertz CT molecular complexity index is 1490. The molecule has 25 nitrogen and oxygen atoms in total. The van der Waals surface area contributed by atoms with Crippen LogP contribution in [0.3, 0.4) is 0 Å². The second kappa shape index (κ2) is 46.1. The maximum absolute atomic E-state index is 10.8. The Morgan fingerprint density at radius 1 is 0.507 bits per heavy atom. The van der Waals surface area contributed by atoms with Crippen molar-refractivity contribution in [3.05, 3.63) is 0 Å². The van der Waals surface area contributed by atoms with E-state index in [1.807, 2.05) is 14.1 Å². The molecule has 1 N–H and O–H groups in total. The molecule has 0 unspecified atom stereocenters. The number of likely N-dealkylation sites (N-methyl/N-ethyl adjacent to an activating group) is 3.